The van der Waals surface area contributed by atoms with Crippen LogP contribution in [0.1, 0.15) is 0 Å². The molecule has 2 heterocycles. The fourth-order valence-corrected chi connectivity index (χ4v) is 3.66. The zero-order valence-electron chi connectivity index (χ0n) is 15.4. The Morgan fingerprint density at radius 2 is 1.79 bits per heavy atom. The Kier molecular flexibility index (Phi) is 5.61. The summed E-state index contributed by atoms with van der Waals surface area (Å²) in [6, 6.07) is 14.0. The number of non-ortho nitro benzene ring substituents is 1. The average Bonchev–Trinajstić information content (AvgIpc) is 3.09. The van der Waals surface area contributed by atoms with Gasteiger partial charge in [0.2, 0.25) is 5.89 Å². The molecule has 29 heavy (non-hydrogen) atoms. The molecule has 3 aromatic rings. The normalized spacial score (nSPS) is 14.9. The minimum Gasteiger partial charge on any atom is -0.409 e. The van der Waals surface area contributed by atoms with Gasteiger partial charge in [-0.3, -0.25) is 15.0 Å². The van der Waals surface area contributed by atoms with Crippen LogP contribution < -0.4 is 4.90 Å². The minimum absolute atomic E-state index is 0.0992. The van der Waals surface area contributed by atoms with E-state index < -0.39 is 0 Å². The SMILES string of the molecule is O=[N+]([O-])c1ccc(N2CCN(Cn3nc(-c4ccccc4Cl)oc3=S)CC2)cc1. The van der Waals surface area contributed by atoms with Crippen LogP contribution in [0, 0.1) is 15.0 Å². The molecule has 0 aliphatic carbocycles. The molecule has 10 heteroatoms. The summed E-state index contributed by atoms with van der Waals surface area (Å²) in [4.78, 5) is 15.2. The number of benzene rings is 2. The van der Waals surface area contributed by atoms with Gasteiger partial charge in [-0.2, -0.15) is 0 Å². The molecule has 1 saturated heterocycles. The second-order valence-corrected chi connectivity index (χ2v) is 7.43. The molecule has 8 nitrogen and oxygen atoms in total. The molecule has 0 saturated carbocycles. The second-order valence-electron chi connectivity index (χ2n) is 6.67. The number of hydrogen-bond donors (Lipinski definition) is 0. The third kappa shape index (κ3) is 4.31. The van der Waals surface area contributed by atoms with Gasteiger partial charge in [-0.15, -0.1) is 5.10 Å². The summed E-state index contributed by atoms with van der Waals surface area (Å²) in [6.45, 7) is 3.77. The Balaban J connectivity index is 1.39. The van der Waals surface area contributed by atoms with Crippen molar-refractivity contribution in [2.24, 2.45) is 0 Å². The van der Waals surface area contributed by atoms with Gasteiger partial charge in [-0.05, 0) is 36.5 Å². The first-order chi connectivity index (χ1) is 14.0. The number of nitro groups is 1. The maximum Gasteiger partial charge on any atom is 0.288 e. The molecule has 1 aromatic heterocycles. The first-order valence-electron chi connectivity index (χ1n) is 9.06. The third-order valence-electron chi connectivity index (χ3n) is 4.84. The highest BCUT2D eigenvalue weighted by molar-refractivity contribution is 7.71. The van der Waals surface area contributed by atoms with Crippen molar-refractivity contribution in [3.63, 3.8) is 0 Å². The van der Waals surface area contributed by atoms with E-state index in [1.54, 1.807) is 22.9 Å². The van der Waals surface area contributed by atoms with Crippen molar-refractivity contribution in [1.29, 1.82) is 0 Å². The fraction of sp³-hybridized carbons (Fsp3) is 0.263. The van der Waals surface area contributed by atoms with Crippen LogP contribution in [-0.4, -0.2) is 45.8 Å². The van der Waals surface area contributed by atoms with E-state index in [2.05, 4.69) is 14.9 Å². The molecule has 0 bridgehead atoms. The highest BCUT2D eigenvalue weighted by Crippen LogP contribution is 2.26. The van der Waals surface area contributed by atoms with Crippen LogP contribution in [0.3, 0.4) is 0 Å². The molecule has 0 spiro atoms. The number of halogens is 1. The molecule has 1 aliphatic heterocycles. The van der Waals surface area contributed by atoms with Crippen molar-refractivity contribution in [2.75, 3.05) is 31.1 Å². The minimum atomic E-state index is -0.389. The zero-order chi connectivity index (χ0) is 20.4. The first-order valence-corrected chi connectivity index (χ1v) is 9.84. The summed E-state index contributed by atoms with van der Waals surface area (Å²) in [5.41, 5.74) is 1.79. The van der Waals surface area contributed by atoms with Crippen LogP contribution in [0.15, 0.2) is 52.9 Å². The number of aromatic nitrogens is 2. The van der Waals surface area contributed by atoms with E-state index in [0.29, 0.717) is 28.0 Å². The summed E-state index contributed by atoms with van der Waals surface area (Å²) >= 11 is 11.5. The van der Waals surface area contributed by atoms with Gasteiger partial charge in [0.1, 0.15) is 0 Å². The first kappa shape index (κ1) is 19.6. The summed E-state index contributed by atoms with van der Waals surface area (Å²) in [5.74, 6) is 0.408. The van der Waals surface area contributed by atoms with Gasteiger partial charge in [0, 0.05) is 44.0 Å². The van der Waals surface area contributed by atoms with E-state index in [-0.39, 0.29) is 10.6 Å². The molecular weight excluding hydrogens is 414 g/mol. The molecular formula is C19H18ClN5O3S. The Morgan fingerprint density at radius 1 is 1.10 bits per heavy atom. The van der Waals surface area contributed by atoms with Gasteiger partial charge in [-0.1, -0.05) is 23.7 Å². The lowest BCUT2D eigenvalue weighted by molar-refractivity contribution is -0.384. The summed E-state index contributed by atoms with van der Waals surface area (Å²) in [7, 11) is 0. The smallest absolute Gasteiger partial charge is 0.288 e. The molecule has 4 rings (SSSR count). The van der Waals surface area contributed by atoms with Gasteiger partial charge in [0.05, 0.1) is 22.2 Å². The van der Waals surface area contributed by atoms with Gasteiger partial charge < -0.3 is 9.32 Å². The van der Waals surface area contributed by atoms with Crippen LogP contribution in [-0.2, 0) is 6.67 Å². The van der Waals surface area contributed by atoms with Crippen LogP contribution in [0.5, 0.6) is 0 Å². The third-order valence-corrected chi connectivity index (χ3v) is 5.47. The van der Waals surface area contributed by atoms with Crippen LogP contribution >= 0.6 is 23.8 Å². The van der Waals surface area contributed by atoms with Gasteiger partial charge in [-0.25, -0.2) is 4.68 Å². The van der Waals surface area contributed by atoms with Crippen molar-refractivity contribution in [1.82, 2.24) is 14.7 Å². The highest BCUT2D eigenvalue weighted by Gasteiger charge is 2.20. The largest absolute Gasteiger partial charge is 0.409 e. The molecule has 0 unspecified atom stereocenters. The zero-order valence-corrected chi connectivity index (χ0v) is 17.0. The maximum absolute atomic E-state index is 10.8. The van der Waals surface area contributed by atoms with Crippen LogP contribution in [0.25, 0.3) is 11.5 Å². The standard InChI is InChI=1S/C19H18ClN5O3S/c20-17-4-2-1-3-16(17)18-21-24(19(29)28-18)13-22-9-11-23(12-10-22)14-5-7-15(8-6-14)25(26)27/h1-8H,9-13H2. The van der Waals surface area contributed by atoms with E-state index in [0.717, 1.165) is 31.9 Å². The van der Waals surface area contributed by atoms with Crippen molar-refractivity contribution in [2.45, 2.75) is 6.67 Å². The highest BCUT2D eigenvalue weighted by atomic mass is 35.5. The maximum atomic E-state index is 10.8. The van der Waals surface area contributed by atoms with Gasteiger partial charge in [0.25, 0.3) is 10.5 Å². The Bertz CT molecular complexity index is 1070. The van der Waals surface area contributed by atoms with E-state index in [4.69, 9.17) is 28.2 Å². The fourth-order valence-electron chi connectivity index (χ4n) is 3.26. The van der Waals surface area contributed by atoms with E-state index >= 15 is 0 Å². The second kappa shape index (κ2) is 8.32. The van der Waals surface area contributed by atoms with E-state index in [9.17, 15) is 10.1 Å². The predicted octanol–water partition coefficient (Wildman–Crippen LogP) is 4.21. The summed E-state index contributed by atoms with van der Waals surface area (Å²) in [5, 5.41) is 15.8. The van der Waals surface area contributed by atoms with Crippen LogP contribution in [0.4, 0.5) is 11.4 Å². The lowest BCUT2D eigenvalue weighted by Crippen LogP contribution is -2.46. The van der Waals surface area contributed by atoms with Gasteiger partial charge in [0.15, 0.2) is 0 Å². The molecule has 0 radical (unpaired) electrons. The summed E-state index contributed by atoms with van der Waals surface area (Å²) in [6.07, 6.45) is 0. The lowest BCUT2D eigenvalue weighted by Gasteiger charge is -2.35. The number of rotatable bonds is 5. The molecule has 1 fully saturated rings. The number of hydrogen-bond acceptors (Lipinski definition) is 7. The van der Waals surface area contributed by atoms with Crippen molar-refractivity contribution < 1.29 is 9.34 Å². The quantitative estimate of drug-likeness (QED) is 0.340. The van der Waals surface area contributed by atoms with Crippen molar-refractivity contribution >= 4 is 35.2 Å². The molecule has 0 N–H and O–H groups in total. The number of nitrogens with zero attached hydrogens (tertiary/aromatic N) is 5. The number of anilines is 1. The molecule has 1 aliphatic rings. The van der Waals surface area contributed by atoms with Crippen LogP contribution in [0.2, 0.25) is 5.02 Å². The molecule has 150 valence electrons. The number of piperazine rings is 1. The van der Waals surface area contributed by atoms with E-state index in [1.165, 1.54) is 12.1 Å². The Hall–Kier alpha value is -2.75. The Labute approximate surface area is 177 Å². The van der Waals surface area contributed by atoms with Gasteiger partial charge >= 0.3 is 0 Å². The Morgan fingerprint density at radius 3 is 2.45 bits per heavy atom. The number of nitro benzene ring substituents is 1. The molecule has 0 amide bonds. The lowest BCUT2D eigenvalue weighted by atomic mass is 10.2. The predicted molar refractivity (Wildman–Crippen MR) is 113 cm³/mol. The summed E-state index contributed by atoms with van der Waals surface area (Å²) < 4.78 is 7.30. The molecule has 2 aromatic carbocycles. The topological polar surface area (TPSA) is 80.6 Å². The monoisotopic (exact) mass is 431 g/mol. The molecule has 0 atom stereocenters. The van der Waals surface area contributed by atoms with Crippen molar-refractivity contribution in [3.8, 4) is 11.5 Å². The average molecular weight is 432 g/mol. The van der Waals surface area contributed by atoms with E-state index in [1.807, 2.05) is 18.2 Å². The van der Waals surface area contributed by atoms with Crippen molar-refractivity contribution in [3.05, 3.63) is 68.5 Å².